The Bertz CT molecular complexity index is 1380. The zero-order valence-corrected chi connectivity index (χ0v) is 24.4. The molecule has 1 atom stereocenters. The Morgan fingerprint density at radius 2 is 1.43 bits per heavy atom. The van der Waals surface area contributed by atoms with Gasteiger partial charge in [0.2, 0.25) is 11.8 Å². The molecule has 0 heterocycles. The van der Waals surface area contributed by atoms with Gasteiger partial charge in [-0.15, -0.1) is 0 Å². The first-order valence-corrected chi connectivity index (χ1v) is 15.4. The van der Waals surface area contributed by atoms with E-state index in [-0.39, 0.29) is 23.4 Å². The van der Waals surface area contributed by atoms with Crippen molar-refractivity contribution in [2.75, 3.05) is 10.8 Å². The first-order valence-electron chi connectivity index (χ1n) is 13.9. The van der Waals surface area contributed by atoms with E-state index in [2.05, 4.69) is 5.32 Å². The van der Waals surface area contributed by atoms with Gasteiger partial charge < -0.3 is 10.2 Å². The third-order valence-electron chi connectivity index (χ3n) is 7.52. The summed E-state index contributed by atoms with van der Waals surface area (Å²) in [6, 6.07) is 22.3. The molecular weight excluding hydrogens is 522 g/mol. The van der Waals surface area contributed by atoms with Crippen LogP contribution < -0.4 is 9.62 Å². The van der Waals surface area contributed by atoms with Crippen molar-refractivity contribution in [3.63, 3.8) is 0 Å². The summed E-state index contributed by atoms with van der Waals surface area (Å²) in [5, 5.41) is 3.13. The predicted octanol–water partition coefficient (Wildman–Crippen LogP) is 5.36. The second kappa shape index (κ2) is 13.1. The molecule has 1 saturated carbocycles. The Morgan fingerprint density at radius 3 is 2.02 bits per heavy atom. The van der Waals surface area contributed by atoms with E-state index in [9.17, 15) is 18.0 Å². The normalized spacial score (nSPS) is 14.8. The molecule has 0 saturated heterocycles. The molecule has 2 amide bonds. The third-order valence-corrected chi connectivity index (χ3v) is 9.31. The van der Waals surface area contributed by atoms with Crippen molar-refractivity contribution in [2.24, 2.45) is 0 Å². The molecule has 0 unspecified atom stereocenters. The second-order valence-electron chi connectivity index (χ2n) is 10.7. The van der Waals surface area contributed by atoms with E-state index in [1.807, 2.05) is 38.1 Å². The minimum atomic E-state index is -4.06. The fourth-order valence-corrected chi connectivity index (χ4v) is 6.42. The van der Waals surface area contributed by atoms with Gasteiger partial charge in [-0.25, -0.2) is 8.42 Å². The van der Waals surface area contributed by atoms with Crippen LogP contribution in [-0.4, -0.2) is 43.8 Å². The van der Waals surface area contributed by atoms with E-state index in [1.54, 1.807) is 61.5 Å². The van der Waals surface area contributed by atoms with Crippen LogP contribution in [0.4, 0.5) is 5.69 Å². The Hall–Kier alpha value is -3.65. The summed E-state index contributed by atoms with van der Waals surface area (Å²) in [6.45, 7) is 5.34. The summed E-state index contributed by atoms with van der Waals surface area (Å²) in [7, 11) is -4.06. The maximum Gasteiger partial charge on any atom is 0.264 e. The van der Waals surface area contributed by atoms with Crippen molar-refractivity contribution in [3.05, 3.63) is 95.6 Å². The zero-order chi connectivity index (χ0) is 28.7. The second-order valence-corrected chi connectivity index (χ2v) is 12.5. The van der Waals surface area contributed by atoms with Crippen LogP contribution in [0.5, 0.6) is 0 Å². The number of nitrogens with zero attached hydrogens (tertiary/aromatic N) is 2. The summed E-state index contributed by atoms with van der Waals surface area (Å²) in [4.78, 5) is 29.0. The molecule has 3 aromatic carbocycles. The smallest absolute Gasteiger partial charge is 0.264 e. The molecule has 0 aromatic heterocycles. The lowest BCUT2D eigenvalue weighted by molar-refractivity contribution is -0.139. The molecule has 1 N–H and O–H groups in total. The number of rotatable bonds is 10. The van der Waals surface area contributed by atoms with Gasteiger partial charge in [0, 0.05) is 12.6 Å². The number of hydrogen-bond acceptors (Lipinski definition) is 4. The van der Waals surface area contributed by atoms with Crippen LogP contribution in [0.25, 0.3) is 0 Å². The average molecular weight is 562 g/mol. The van der Waals surface area contributed by atoms with Gasteiger partial charge >= 0.3 is 0 Å². The van der Waals surface area contributed by atoms with E-state index in [0.29, 0.717) is 5.69 Å². The molecule has 3 aromatic rings. The van der Waals surface area contributed by atoms with E-state index >= 15 is 0 Å². The number of sulfonamides is 1. The number of carbonyl (C=O) groups excluding carboxylic acids is 2. The molecule has 0 spiro atoms. The van der Waals surface area contributed by atoms with Gasteiger partial charge in [0.05, 0.1) is 10.6 Å². The standard InChI is InChI=1S/C32H39N3O4S/c1-24-14-18-27(19-15-24)22-34(26(3)32(37)33-28-10-6-4-7-11-28)31(36)23-35(29-12-8-5-9-13-29)40(38,39)30-20-16-25(2)17-21-30/h5,8-9,12-21,26,28H,4,6-7,10-11,22-23H2,1-3H3,(H,33,37)/t26-/m0/s1. The molecule has 8 heteroatoms. The van der Waals surface area contributed by atoms with Crippen molar-refractivity contribution in [1.82, 2.24) is 10.2 Å². The van der Waals surface area contributed by atoms with Gasteiger partial charge in [-0.2, -0.15) is 0 Å². The van der Waals surface area contributed by atoms with Crippen LogP contribution in [0.2, 0.25) is 0 Å². The minimum Gasteiger partial charge on any atom is -0.352 e. The number of hydrogen-bond donors (Lipinski definition) is 1. The summed E-state index contributed by atoms with van der Waals surface area (Å²) >= 11 is 0. The van der Waals surface area contributed by atoms with Crippen molar-refractivity contribution in [3.8, 4) is 0 Å². The lowest BCUT2D eigenvalue weighted by Gasteiger charge is -2.33. The number of amides is 2. The van der Waals surface area contributed by atoms with Gasteiger partial charge in [0.15, 0.2) is 0 Å². The topological polar surface area (TPSA) is 86.8 Å². The van der Waals surface area contributed by atoms with E-state index in [0.717, 1.165) is 46.7 Å². The van der Waals surface area contributed by atoms with Crippen molar-refractivity contribution in [1.29, 1.82) is 0 Å². The summed E-state index contributed by atoms with van der Waals surface area (Å²) in [5.41, 5.74) is 3.27. The van der Waals surface area contributed by atoms with Gasteiger partial charge in [-0.05, 0) is 63.4 Å². The SMILES string of the molecule is Cc1ccc(CN(C(=O)CN(c2ccccc2)S(=O)(=O)c2ccc(C)cc2)[C@@H](C)C(=O)NC2CCCCC2)cc1. The lowest BCUT2D eigenvalue weighted by Crippen LogP contribution is -2.53. The summed E-state index contributed by atoms with van der Waals surface area (Å²) < 4.78 is 28.8. The Labute approximate surface area is 238 Å². The Kier molecular flexibility index (Phi) is 9.63. The van der Waals surface area contributed by atoms with Crippen LogP contribution >= 0.6 is 0 Å². The minimum absolute atomic E-state index is 0.0998. The molecule has 0 aliphatic heterocycles. The monoisotopic (exact) mass is 561 g/mol. The fraction of sp³-hybridized carbons (Fsp3) is 0.375. The first-order chi connectivity index (χ1) is 19.1. The van der Waals surface area contributed by atoms with Gasteiger partial charge in [0.1, 0.15) is 12.6 Å². The van der Waals surface area contributed by atoms with E-state index < -0.39 is 28.5 Å². The molecule has 0 bridgehead atoms. The van der Waals surface area contributed by atoms with Crippen LogP contribution in [0.1, 0.15) is 55.7 Å². The lowest BCUT2D eigenvalue weighted by atomic mass is 9.95. The van der Waals surface area contributed by atoms with Crippen LogP contribution in [0.3, 0.4) is 0 Å². The predicted molar refractivity (Wildman–Crippen MR) is 158 cm³/mol. The maximum atomic E-state index is 14.0. The quantitative estimate of drug-likeness (QED) is 0.361. The van der Waals surface area contributed by atoms with Crippen LogP contribution in [-0.2, 0) is 26.2 Å². The molecule has 0 radical (unpaired) electrons. The van der Waals surface area contributed by atoms with Crippen LogP contribution in [0, 0.1) is 13.8 Å². The number of carbonyl (C=O) groups is 2. The molecule has 7 nitrogen and oxygen atoms in total. The highest BCUT2D eigenvalue weighted by Crippen LogP contribution is 2.25. The van der Waals surface area contributed by atoms with Crippen molar-refractivity contribution < 1.29 is 18.0 Å². The van der Waals surface area contributed by atoms with E-state index in [4.69, 9.17) is 0 Å². The average Bonchev–Trinajstić information content (AvgIpc) is 2.96. The molecule has 40 heavy (non-hydrogen) atoms. The van der Waals surface area contributed by atoms with E-state index in [1.165, 1.54) is 11.3 Å². The van der Waals surface area contributed by atoms with Gasteiger partial charge in [-0.3, -0.25) is 13.9 Å². The highest BCUT2D eigenvalue weighted by Gasteiger charge is 2.33. The molecular formula is C32H39N3O4S. The zero-order valence-electron chi connectivity index (χ0n) is 23.5. The van der Waals surface area contributed by atoms with Crippen molar-refractivity contribution in [2.45, 2.75) is 76.4 Å². The highest BCUT2D eigenvalue weighted by molar-refractivity contribution is 7.92. The van der Waals surface area contributed by atoms with Crippen molar-refractivity contribution >= 4 is 27.5 Å². The van der Waals surface area contributed by atoms with Gasteiger partial charge in [0.25, 0.3) is 10.0 Å². The number of para-hydroxylation sites is 1. The number of nitrogens with one attached hydrogen (secondary N) is 1. The number of aryl methyl sites for hydroxylation is 2. The molecule has 1 aliphatic carbocycles. The van der Waals surface area contributed by atoms with Crippen LogP contribution in [0.15, 0.2) is 83.8 Å². The summed E-state index contributed by atoms with van der Waals surface area (Å²) in [6.07, 6.45) is 5.19. The number of anilines is 1. The Morgan fingerprint density at radius 1 is 0.850 bits per heavy atom. The fourth-order valence-electron chi connectivity index (χ4n) is 5.00. The molecule has 212 valence electrons. The highest BCUT2D eigenvalue weighted by atomic mass is 32.2. The Balaban J connectivity index is 1.65. The molecule has 1 aliphatic rings. The summed E-state index contributed by atoms with van der Waals surface area (Å²) in [5.74, 6) is -0.675. The molecule has 4 rings (SSSR count). The molecule has 1 fully saturated rings. The van der Waals surface area contributed by atoms with Gasteiger partial charge in [-0.1, -0.05) is 85.0 Å². The largest absolute Gasteiger partial charge is 0.352 e. The number of benzene rings is 3. The third kappa shape index (κ3) is 7.30. The maximum absolute atomic E-state index is 14.0. The first kappa shape index (κ1) is 29.3.